The van der Waals surface area contributed by atoms with E-state index in [4.69, 9.17) is 0 Å². The van der Waals surface area contributed by atoms with Gasteiger partial charge in [-0.1, -0.05) is 0 Å². The first-order chi connectivity index (χ1) is 5.95. The van der Waals surface area contributed by atoms with Gasteiger partial charge in [-0.2, -0.15) is 0 Å². The van der Waals surface area contributed by atoms with Gasteiger partial charge in [0, 0.05) is 9.75 Å². The van der Waals surface area contributed by atoms with Gasteiger partial charge in [0.2, 0.25) is 0 Å². The number of hydrogen-bond acceptors (Lipinski definition) is 2. The van der Waals surface area contributed by atoms with E-state index in [1.807, 2.05) is 19.1 Å². The van der Waals surface area contributed by atoms with Gasteiger partial charge in [0.1, 0.15) is 5.67 Å². The predicted molar refractivity (Wildman–Crippen MR) is 56.0 cm³/mol. The van der Waals surface area contributed by atoms with Gasteiger partial charge >= 0.3 is 0 Å². The zero-order chi connectivity index (χ0) is 10.1. The molecule has 1 rings (SSSR count). The van der Waals surface area contributed by atoms with Crippen molar-refractivity contribution >= 4 is 11.3 Å². The Hall–Kier alpha value is -0.410. The van der Waals surface area contributed by atoms with Gasteiger partial charge in [-0.25, -0.2) is 4.39 Å². The number of rotatable bonds is 3. The minimum Gasteiger partial charge on any atom is -0.310 e. The molecule has 0 aliphatic heterocycles. The Morgan fingerprint density at radius 2 is 2.08 bits per heavy atom. The van der Waals surface area contributed by atoms with Gasteiger partial charge in [0.25, 0.3) is 0 Å². The predicted octanol–water partition coefficient (Wildman–Crippen LogP) is 3.07. The van der Waals surface area contributed by atoms with Crippen molar-refractivity contribution in [3.63, 3.8) is 0 Å². The van der Waals surface area contributed by atoms with E-state index < -0.39 is 5.67 Å². The third-order valence-electron chi connectivity index (χ3n) is 2.02. The Morgan fingerprint density at radius 1 is 1.46 bits per heavy atom. The van der Waals surface area contributed by atoms with Crippen molar-refractivity contribution in [1.82, 2.24) is 5.32 Å². The van der Waals surface area contributed by atoms with Crippen molar-refractivity contribution in [2.75, 3.05) is 7.05 Å². The number of hydrogen-bond donors (Lipinski definition) is 1. The summed E-state index contributed by atoms with van der Waals surface area (Å²) in [5.74, 6) is 0. The van der Waals surface area contributed by atoms with Gasteiger partial charge < -0.3 is 5.32 Å². The Morgan fingerprint density at radius 3 is 2.38 bits per heavy atom. The molecule has 0 radical (unpaired) electrons. The van der Waals surface area contributed by atoms with Gasteiger partial charge in [-0.15, -0.1) is 11.3 Å². The minimum atomic E-state index is -1.22. The summed E-state index contributed by atoms with van der Waals surface area (Å²) in [4.78, 5) is 2.28. The molecule has 13 heavy (non-hydrogen) atoms. The number of alkyl halides is 1. The van der Waals surface area contributed by atoms with Crippen molar-refractivity contribution in [2.24, 2.45) is 0 Å². The van der Waals surface area contributed by atoms with E-state index in [-0.39, 0.29) is 6.04 Å². The van der Waals surface area contributed by atoms with Crippen LogP contribution in [0.3, 0.4) is 0 Å². The van der Waals surface area contributed by atoms with E-state index in [9.17, 15) is 4.39 Å². The highest BCUT2D eigenvalue weighted by molar-refractivity contribution is 7.12. The van der Waals surface area contributed by atoms with Crippen LogP contribution in [0.4, 0.5) is 4.39 Å². The molecule has 3 heteroatoms. The molecule has 0 aromatic carbocycles. The fourth-order valence-corrected chi connectivity index (χ4v) is 2.59. The highest BCUT2D eigenvalue weighted by Crippen LogP contribution is 2.32. The first-order valence-corrected chi connectivity index (χ1v) is 5.19. The van der Waals surface area contributed by atoms with Gasteiger partial charge in [-0.3, -0.25) is 0 Å². The summed E-state index contributed by atoms with van der Waals surface area (Å²) in [5.41, 5.74) is -1.22. The Balaban J connectivity index is 2.91. The number of nitrogens with one attached hydrogen (secondary N) is 1. The second-order valence-corrected chi connectivity index (χ2v) is 5.05. The van der Waals surface area contributed by atoms with Crippen molar-refractivity contribution in [3.05, 3.63) is 21.9 Å². The van der Waals surface area contributed by atoms with Crippen molar-refractivity contribution < 1.29 is 4.39 Å². The van der Waals surface area contributed by atoms with Crippen LogP contribution in [0.15, 0.2) is 12.1 Å². The lowest BCUT2D eigenvalue weighted by Crippen LogP contribution is -2.33. The van der Waals surface area contributed by atoms with E-state index in [1.165, 1.54) is 4.88 Å². The van der Waals surface area contributed by atoms with Crippen LogP contribution < -0.4 is 5.32 Å². The Bertz CT molecular complexity index is 275. The molecule has 1 nitrogen and oxygen atoms in total. The normalized spacial score (nSPS) is 14.5. The summed E-state index contributed by atoms with van der Waals surface area (Å²) in [5, 5.41) is 3.01. The topological polar surface area (TPSA) is 12.0 Å². The van der Waals surface area contributed by atoms with Crippen molar-refractivity contribution in [1.29, 1.82) is 0 Å². The molecule has 0 fully saturated rings. The van der Waals surface area contributed by atoms with Crippen LogP contribution >= 0.6 is 11.3 Å². The molecular formula is C10H16FNS. The Labute approximate surface area is 83.0 Å². The monoisotopic (exact) mass is 201 g/mol. The number of halogens is 1. The maximum absolute atomic E-state index is 13.7. The van der Waals surface area contributed by atoms with Crippen molar-refractivity contribution in [3.8, 4) is 0 Å². The minimum absolute atomic E-state index is 0.203. The van der Waals surface area contributed by atoms with Crippen LogP contribution in [0.1, 0.15) is 29.6 Å². The summed E-state index contributed by atoms with van der Waals surface area (Å²) in [6.45, 7) is 5.23. The largest absolute Gasteiger partial charge is 0.310 e. The van der Waals surface area contributed by atoms with Gasteiger partial charge in [-0.05, 0) is 40.0 Å². The van der Waals surface area contributed by atoms with Gasteiger partial charge in [0.15, 0.2) is 0 Å². The second kappa shape index (κ2) is 3.76. The molecule has 1 atom stereocenters. The number of thiophene rings is 1. The lowest BCUT2D eigenvalue weighted by atomic mass is 10.00. The van der Waals surface area contributed by atoms with Crippen LogP contribution in [-0.4, -0.2) is 12.7 Å². The average Bonchev–Trinajstić information content (AvgIpc) is 2.34. The lowest BCUT2D eigenvalue weighted by molar-refractivity contribution is 0.157. The van der Waals surface area contributed by atoms with E-state index in [1.54, 1.807) is 32.2 Å². The van der Waals surface area contributed by atoms with E-state index >= 15 is 0 Å². The summed E-state index contributed by atoms with van der Waals surface area (Å²) in [6, 6.07) is 3.81. The molecule has 1 unspecified atom stereocenters. The molecular weight excluding hydrogens is 185 g/mol. The molecule has 1 aromatic heterocycles. The van der Waals surface area contributed by atoms with E-state index in [0.29, 0.717) is 0 Å². The summed E-state index contributed by atoms with van der Waals surface area (Å²) in [7, 11) is 1.79. The fourth-order valence-electron chi connectivity index (χ4n) is 1.43. The lowest BCUT2D eigenvalue weighted by Gasteiger charge is -2.25. The molecule has 0 saturated heterocycles. The highest BCUT2D eigenvalue weighted by atomic mass is 32.1. The quantitative estimate of drug-likeness (QED) is 0.792. The first-order valence-electron chi connectivity index (χ1n) is 4.37. The molecule has 0 saturated carbocycles. The van der Waals surface area contributed by atoms with E-state index in [0.717, 1.165) is 4.88 Å². The Kier molecular flexibility index (Phi) is 3.09. The smallest absolute Gasteiger partial charge is 0.125 e. The van der Waals surface area contributed by atoms with Crippen LogP contribution in [0, 0.1) is 6.92 Å². The molecule has 0 aliphatic rings. The maximum atomic E-state index is 13.7. The van der Waals surface area contributed by atoms with E-state index in [2.05, 4.69) is 5.32 Å². The fraction of sp³-hybridized carbons (Fsp3) is 0.600. The molecule has 1 aromatic rings. The first kappa shape index (κ1) is 10.7. The molecule has 0 aliphatic carbocycles. The zero-order valence-electron chi connectivity index (χ0n) is 8.52. The molecule has 1 heterocycles. The second-order valence-electron chi connectivity index (χ2n) is 3.73. The highest BCUT2D eigenvalue weighted by Gasteiger charge is 2.29. The SMILES string of the molecule is CNC(c1ccc(C)s1)C(C)(C)F. The summed E-state index contributed by atoms with van der Waals surface area (Å²) in [6.07, 6.45) is 0. The standard InChI is InChI=1S/C10H16FNS/c1-7-5-6-8(13-7)9(12-4)10(2,3)11/h5-6,9,12H,1-4H3. The third kappa shape index (κ3) is 2.51. The maximum Gasteiger partial charge on any atom is 0.125 e. The van der Waals surface area contributed by atoms with Gasteiger partial charge in [0.05, 0.1) is 6.04 Å². The van der Waals surface area contributed by atoms with Crippen LogP contribution in [-0.2, 0) is 0 Å². The number of aryl methyl sites for hydroxylation is 1. The average molecular weight is 201 g/mol. The third-order valence-corrected chi connectivity index (χ3v) is 3.09. The molecule has 74 valence electrons. The molecule has 0 spiro atoms. The zero-order valence-corrected chi connectivity index (χ0v) is 9.33. The van der Waals surface area contributed by atoms with Crippen molar-refractivity contribution in [2.45, 2.75) is 32.5 Å². The molecule has 0 bridgehead atoms. The molecule has 1 N–H and O–H groups in total. The molecule has 0 amide bonds. The summed E-state index contributed by atoms with van der Waals surface area (Å²) < 4.78 is 13.7. The van der Waals surface area contributed by atoms with Crippen LogP contribution in [0.25, 0.3) is 0 Å². The summed E-state index contributed by atoms with van der Waals surface area (Å²) >= 11 is 1.64. The van der Waals surface area contributed by atoms with Crippen LogP contribution in [0.2, 0.25) is 0 Å². The van der Waals surface area contributed by atoms with Crippen LogP contribution in [0.5, 0.6) is 0 Å².